The lowest BCUT2D eigenvalue weighted by Gasteiger charge is -2.52. The van der Waals surface area contributed by atoms with Crippen molar-refractivity contribution < 1.29 is 19.4 Å². The molecule has 1 unspecified atom stereocenters. The third-order valence-corrected chi connectivity index (χ3v) is 8.66. The van der Waals surface area contributed by atoms with Crippen LogP contribution in [0.5, 0.6) is 5.75 Å². The number of aliphatic carboxylic acids is 1. The molecule has 1 saturated carbocycles. The lowest BCUT2D eigenvalue weighted by atomic mass is 9.50. The number of hydrogen-bond donors (Lipinski definition) is 1. The minimum Gasteiger partial charge on any atom is -0.496 e. The van der Waals surface area contributed by atoms with Gasteiger partial charge in [0.1, 0.15) is 5.75 Å². The number of rotatable bonds is 8. The summed E-state index contributed by atoms with van der Waals surface area (Å²) in [6.07, 6.45) is 1.14. The predicted octanol–water partition coefficient (Wildman–Crippen LogP) is 5.25. The van der Waals surface area contributed by atoms with Crippen molar-refractivity contribution in [2.45, 2.75) is 32.4 Å². The van der Waals surface area contributed by atoms with Gasteiger partial charge in [-0.15, -0.1) is 0 Å². The zero-order valence-electron chi connectivity index (χ0n) is 21.7. The smallest absolute Gasteiger partial charge is 0.312 e. The average Bonchev–Trinajstić information content (AvgIpc) is 3.14. The van der Waals surface area contributed by atoms with Gasteiger partial charge in [-0.3, -0.25) is 14.5 Å². The number of carbonyl (C=O) groups excluding carboxylic acids is 1. The summed E-state index contributed by atoms with van der Waals surface area (Å²) in [5.74, 6) is -0.117. The van der Waals surface area contributed by atoms with Crippen LogP contribution in [-0.2, 0) is 16.1 Å². The van der Waals surface area contributed by atoms with E-state index in [1.54, 1.807) is 19.1 Å². The first-order chi connectivity index (χ1) is 17.8. The van der Waals surface area contributed by atoms with Crippen LogP contribution >= 0.6 is 0 Å². The van der Waals surface area contributed by atoms with Crippen LogP contribution in [0.15, 0.2) is 78.9 Å². The molecule has 1 aliphatic heterocycles. The van der Waals surface area contributed by atoms with Crippen molar-refractivity contribution in [1.29, 1.82) is 0 Å². The molecular weight excluding hydrogens is 464 g/mol. The van der Waals surface area contributed by atoms with E-state index in [1.807, 2.05) is 85.8 Å². The normalized spacial score (nSPS) is 23.5. The molecule has 1 saturated heterocycles. The van der Waals surface area contributed by atoms with Crippen LogP contribution in [0.4, 0.5) is 0 Å². The zero-order chi connectivity index (χ0) is 26.2. The van der Waals surface area contributed by atoms with Crippen molar-refractivity contribution >= 4 is 11.9 Å². The van der Waals surface area contributed by atoms with Gasteiger partial charge in [-0.05, 0) is 42.5 Å². The Morgan fingerprint density at radius 3 is 2.19 bits per heavy atom. The van der Waals surface area contributed by atoms with Gasteiger partial charge >= 0.3 is 5.97 Å². The highest BCUT2D eigenvalue weighted by Crippen LogP contribution is 2.63. The lowest BCUT2D eigenvalue weighted by molar-refractivity contribution is -0.179. The largest absolute Gasteiger partial charge is 0.496 e. The van der Waals surface area contributed by atoms with Gasteiger partial charge in [-0.25, -0.2) is 0 Å². The van der Waals surface area contributed by atoms with Gasteiger partial charge in [-0.1, -0.05) is 72.8 Å². The summed E-state index contributed by atoms with van der Waals surface area (Å²) in [5, 5.41) is 10.3. The standard InChI is InChI=1S/C31H34N2O4/c1-22(24-13-15-25(16-14-24)26-11-7-8-12-27(26)37-3)32(2)28(34)30-17-18-31(30,29(35)36)21-33(20-30)19-23-9-5-4-6-10-23/h4-16,22H,17-21H2,1-3H3,(H,35,36)/t22?,30-,31+/m1/s1. The highest BCUT2D eigenvalue weighted by atomic mass is 16.5. The molecular formula is C31H34N2O4. The number of ether oxygens (including phenoxy) is 1. The third-order valence-electron chi connectivity index (χ3n) is 8.66. The van der Waals surface area contributed by atoms with E-state index in [9.17, 15) is 14.7 Å². The number of fused-ring (bicyclic) bond motifs is 1. The minimum absolute atomic E-state index is 0.0713. The fraction of sp³-hybridized carbons (Fsp3) is 0.355. The topological polar surface area (TPSA) is 70.1 Å². The summed E-state index contributed by atoms with van der Waals surface area (Å²) < 4.78 is 5.50. The van der Waals surface area contributed by atoms with Gasteiger partial charge in [-0.2, -0.15) is 0 Å². The van der Waals surface area contributed by atoms with Crippen molar-refractivity contribution in [2.75, 3.05) is 27.2 Å². The summed E-state index contributed by atoms with van der Waals surface area (Å²) >= 11 is 0. The monoisotopic (exact) mass is 498 g/mol. The number of methoxy groups -OCH3 is 1. The van der Waals surface area contributed by atoms with Crippen LogP contribution in [0, 0.1) is 10.8 Å². The summed E-state index contributed by atoms with van der Waals surface area (Å²) in [6.45, 7) is 3.52. The molecule has 3 aromatic carbocycles. The van der Waals surface area contributed by atoms with Crippen LogP contribution in [0.2, 0.25) is 0 Å². The number of carbonyl (C=O) groups is 2. The Morgan fingerprint density at radius 1 is 0.946 bits per heavy atom. The number of carboxylic acids is 1. The van der Waals surface area contributed by atoms with Gasteiger partial charge in [0.05, 0.1) is 24.0 Å². The first-order valence-corrected chi connectivity index (χ1v) is 12.8. The summed E-state index contributed by atoms with van der Waals surface area (Å²) in [5.41, 5.74) is 2.26. The van der Waals surface area contributed by atoms with E-state index >= 15 is 0 Å². The average molecular weight is 499 g/mol. The van der Waals surface area contributed by atoms with Crippen LogP contribution in [0.3, 0.4) is 0 Å². The van der Waals surface area contributed by atoms with Gasteiger partial charge in [0, 0.05) is 32.2 Å². The highest BCUT2D eigenvalue weighted by molar-refractivity contribution is 5.94. The number of hydrogen-bond acceptors (Lipinski definition) is 4. The molecule has 6 nitrogen and oxygen atoms in total. The number of carboxylic acid groups (broad SMARTS) is 1. The van der Waals surface area contributed by atoms with Gasteiger partial charge in [0.2, 0.25) is 5.91 Å². The Balaban J connectivity index is 1.36. The Hall–Kier alpha value is -3.64. The number of nitrogens with zero attached hydrogens (tertiary/aromatic N) is 2. The molecule has 3 atom stereocenters. The van der Waals surface area contributed by atoms with Crippen molar-refractivity contribution in [2.24, 2.45) is 10.8 Å². The van der Waals surface area contributed by atoms with E-state index in [0.717, 1.165) is 28.0 Å². The lowest BCUT2D eigenvalue weighted by Crippen LogP contribution is -2.62. The zero-order valence-corrected chi connectivity index (χ0v) is 21.7. The first kappa shape index (κ1) is 25.0. The van der Waals surface area contributed by atoms with E-state index in [-0.39, 0.29) is 11.9 Å². The Morgan fingerprint density at radius 2 is 1.57 bits per heavy atom. The molecule has 1 heterocycles. The molecule has 1 N–H and O–H groups in total. The summed E-state index contributed by atoms with van der Waals surface area (Å²) in [6, 6.07) is 25.9. The molecule has 0 radical (unpaired) electrons. The number of amides is 1. The predicted molar refractivity (Wildman–Crippen MR) is 143 cm³/mol. The Labute approximate surface area is 218 Å². The maximum Gasteiger partial charge on any atom is 0.312 e. The van der Waals surface area contributed by atoms with Crippen molar-refractivity contribution in [1.82, 2.24) is 9.80 Å². The second kappa shape index (κ2) is 9.67. The maximum absolute atomic E-state index is 14.0. The van der Waals surface area contributed by atoms with E-state index < -0.39 is 16.8 Å². The maximum atomic E-state index is 14.0. The summed E-state index contributed by atoms with van der Waals surface area (Å²) in [4.78, 5) is 30.5. The molecule has 0 aromatic heterocycles. The molecule has 0 spiro atoms. The third kappa shape index (κ3) is 4.09. The summed E-state index contributed by atoms with van der Waals surface area (Å²) in [7, 11) is 3.47. The molecule has 192 valence electrons. The second-order valence-electron chi connectivity index (χ2n) is 10.5. The Bertz CT molecular complexity index is 1290. The quantitative estimate of drug-likeness (QED) is 0.460. The number of likely N-dealkylation sites (tertiary alicyclic amines) is 1. The van der Waals surface area contributed by atoms with E-state index in [2.05, 4.69) is 4.90 Å². The molecule has 0 bridgehead atoms. The van der Waals surface area contributed by atoms with Crippen LogP contribution in [0.1, 0.15) is 36.9 Å². The van der Waals surface area contributed by atoms with E-state index in [1.165, 1.54) is 0 Å². The number of benzene rings is 3. The van der Waals surface area contributed by atoms with Gasteiger partial charge in [0.25, 0.3) is 0 Å². The van der Waals surface area contributed by atoms with Crippen molar-refractivity contribution in [3.8, 4) is 16.9 Å². The molecule has 6 heteroatoms. The van der Waals surface area contributed by atoms with Gasteiger partial charge in [0.15, 0.2) is 0 Å². The van der Waals surface area contributed by atoms with Crippen LogP contribution in [0.25, 0.3) is 11.1 Å². The SMILES string of the molecule is COc1ccccc1-c1ccc(C(C)N(C)C(=O)[C@]23CC[C@@]2(C(=O)O)CN(Cc2ccccc2)C3)cc1. The van der Waals surface area contributed by atoms with Crippen LogP contribution in [-0.4, -0.2) is 54.0 Å². The fourth-order valence-corrected chi connectivity index (χ4v) is 6.28. The molecule has 5 rings (SSSR count). The Kier molecular flexibility index (Phi) is 6.54. The second-order valence-corrected chi connectivity index (χ2v) is 10.5. The highest BCUT2D eigenvalue weighted by Gasteiger charge is 2.72. The molecule has 1 amide bonds. The van der Waals surface area contributed by atoms with Gasteiger partial charge < -0.3 is 14.7 Å². The number of para-hydroxylation sites is 1. The van der Waals surface area contributed by atoms with E-state index in [4.69, 9.17) is 4.74 Å². The molecule has 1 aliphatic carbocycles. The molecule has 2 fully saturated rings. The minimum atomic E-state index is -1.03. The van der Waals surface area contributed by atoms with E-state index in [0.29, 0.717) is 32.5 Å². The molecule has 3 aromatic rings. The molecule has 2 aliphatic rings. The molecule has 37 heavy (non-hydrogen) atoms. The van der Waals surface area contributed by atoms with Crippen LogP contribution < -0.4 is 4.74 Å². The fourth-order valence-electron chi connectivity index (χ4n) is 6.28. The van der Waals surface area contributed by atoms with Crippen molar-refractivity contribution in [3.63, 3.8) is 0 Å². The first-order valence-electron chi connectivity index (χ1n) is 12.8. The van der Waals surface area contributed by atoms with Crippen molar-refractivity contribution in [3.05, 3.63) is 90.0 Å².